The number of hydrogen-bond acceptors (Lipinski definition) is 4. The van der Waals surface area contributed by atoms with Gasteiger partial charge in [0, 0.05) is 43.7 Å². The monoisotopic (exact) mass is 767 g/mol. The highest BCUT2D eigenvalue weighted by Gasteiger charge is 2.38. The predicted molar refractivity (Wildman–Crippen MR) is 246 cm³/mol. The van der Waals surface area contributed by atoms with E-state index in [-0.39, 0.29) is 27.1 Å². The van der Waals surface area contributed by atoms with Gasteiger partial charge in [0.1, 0.15) is 0 Å². The van der Waals surface area contributed by atoms with Gasteiger partial charge in [-0.1, -0.05) is 121 Å². The van der Waals surface area contributed by atoms with E-state index in [0.29, 0.717) is 27.1 Å². The highest BCUT2D eigenvalue weighted by Crippen LogP contribution is 2.53. The first-order chi connectivity index (χ1) is 28.3. The van der Waals surface area contributed by atoms with Crippen molar-refractivity contribution < 1.29 is 0 Å². The van der Waals surface area contributed by atoms with Crippen LogP contribution in [0.15, 0.2) is 155 Å². The Morgan fingerprint density at radius 1 is 0.424 bits per heavy atom. The summed E-state index contributed by atoms with van der Waals surface area (Å²) in [5.74, 6) is 0. The molecule has 288 valence electrons. The minimum absolute atomic E-state index is 0.0728. The molecule has 0 radical (unpaired) electrons. The summed E-state index contributed by atoms with van der Waals surface area (Å²) in [5.41, 5.74) is 13.5. The van der Waals surface area contributed by atoms with E-state index in [1.165, 1.54) is 22.3 Å². The molecule has 9 aromatic rings. The van der Waals surface area contributed by atoms with Gasteiger partial charge >= 0.3 is 0 Å². The molecule has 0 amide bonds. The summed E-state index contributed by atoms with van der Waals surface area (Å²) >= 11 is 0. The molecule has 59 heavy (non-hydrogen) atoms. The van der Waals surface area contributed by atoms with Crippen LogP contribution in [0.3, 0.4) is 0 Å². The van der Waals surface area contributed by atoms with E-state index in [0.717, 1.165) is 50.7 Å². The molecule has 0 unspecified atom stereocenters. The van der Waals surface area contributed by atoms with Crippen LogP contribution in [0.2, 0.25) is 0 Å². The average Bonchev–Trinajstić information content (AvgIpc) is 3.23. The summed E-state index contributed by atoms with van der Waals surface area (Å²) < 4.78 is 2.17. The van der Waals surface area contributed by atoms with Crippen LogP contribution in [0.25, 0.3) is 38.1 Å². The molecule has 2 aromatic heterocycles. The quantitative estimate of drug-likeness (QED) is 0.130. The minimum atomic E-state index is -0.302. The summed E-state index contributed by atoms with van der Waals surface area (Å²) in [6, 6.07) is 50.9. The van der Waals surface area contributed by atoms with Crippen molar-refractivity contribution in [3.05, 3.63) is 194 Å². The Morgan fingerprint density at radius 2 is 0.763 bits per heavy atom. The van der Waals surface area contributed by atoms with E-state index in [4.69, 9.17) is 0 Å². The Kier molecular flexibility index (Phi) is 7.16. The number of aromatic nitrogens is 1. The zero-order chi connectivity index (χ0) is 40.7. The van der Waals surface area contributed by atoms with E-state index in [2.05, 4.69) is 196 Å². The highest BCUT2D eigenvalue weighted by molar-refractivity contribution is 6.09. The number of anilines is 6. The lowest BCUT2D eigenvalue weighted by molar-refractivity contribution is 0.591. The maximum Gasteiger partial charge on any atom is 0.197 e. The van der Waals surface area contributed by atoms with Crippen molar-refractivity contribution in [2.24, 2.45) is 0 Å². The van der Waals surface area contributed by atoms with Gasteiger partial charge in [0.25, 0.3) is 0 Å². The standard InChI is InChI=1S/C54H45N3O2/c1-52(2,3)32-28-37-49-38(29-32)51(59)36-31-34(56-47-22-14-10-18-41(47)54(6,7)42-19-11-15-23-48(42)56)25-27-44(36)57(49)43-26-24-33(30-35(43)50(37)58)55-45-20-12-8-16-39(45)53(4,5)40-17-9-13-21-46(40)55/h8-31H,1-7H3. The third-order valence-corrected chi connectivity index (χ3v) is 13.4. The normalized spacial score (nSPS) is 15.4. The fourth-order valence-electron chi connectivity index (χ4n) is 10.3. The number of fused-ring (bicyclic) bond motifs is 8. The van der Waals surface area contributed by atoms with Gasteiger partial charge in [0.2, 0.25) is 0 Å². The Labute approximate surface area is 343 Å². The van der Waals surface area contributed by atoms with E-state index in [9.17, 15) is 0 Å². The lowest BCUT2D eigenvalue weighted by Crippen LogP contribution is -2.30. The van der Waals surface area contributed by atoms with Crippen molar-refractivity contribution in [2.75, 3.05) is 9.80 Å². The molecule has 5 heteroatoms. The molecule has 0 spiro atoms. The Morgan fingerprint density at radius 3 is 1.10 bits per heavy atom. The first-order valence-electron chi connectivity index (χ1n) is 20.6. The van der Waals surface area contributed by atoms with Gasteiger partial charge in [-0.05, 0) is 106 Å². The van der Waals surface area contributed by atoms with E-state index in [1.54, 1.807) is 0 Å². The van der Waals surface area contributed by atoms with Crippen LogP contribution in [0.4, 0.5) is 34.1 Å². The minimum Gasteiger partial charge on any atom is -0.310 e. The molecule has 0 atom stereocenters. The molecule has 0 saturated carbocycles. The number of hydrogen-bond donors (Lipinski definition) is 0. The van der Waals surface area contributed by atoms with Gasteiger partial charge in [-0.25, -0.2) is 0 Å². The number of pyridine rings is 2. The third kappa shape index (κ3) is 4.79. The molecule has 2 aliphatic heterocycles. The topological polar surface area (TPSA) is 45.0 Å². The zero-order valence-corrected chi connectivity index (χ0v) is 34.5. The molecule has 0 N–H and O–H groups in total. The molecule has 7 aromatic carbocycles. The van der Waals surface area contributed by atoms with E-state index in [1.807, 2.05) is 12.1 Å². The second-order valence-electron chi connectivity index (χ2n) is 18.6. The van der Waals surface area contributed by atoms with Crippen LogP contribution in [0.5, 0.6) is 0 Å². The van der Waals surface area contributed by atoms with Crippen LogP contribution >= 0.6 is 0 Å². The Balaban J connectivity index is 1.22. The fraction of sp³-hybridized carbons (Fsp3) is 0.185. The maximum absolute atomic E-state index is 15.1. The van der Waals surface area contributed by atoms with E-state index >= 15 is 9.59 Å². The first kappa shape index (κ1) is 35.4. The van der Waals surface area contributed by atoms with Gasteiger partial charge in [-0.15, -0.1) is 0 Å². The van der Waals surface area contributed by atoms with Crippen molar-refractivity contribution in [3.8, 4) is 0 Å². The molecule has 0 bridgehead atoms. The summed E-state index contributed by atoms with van der Waals surface area (Å²) in [7, 11) is 0. The Hall–Kier alpha value is -6.72. The van der Waals surface area contributed by atoms with Crippen molar-refractivity contribution >= 4 is 72.2 Å². The van der Waals surface area contributed by atoms with Crippen molar-refractivity contribution in [1.29, 1.82) is 0 Å². The summed E-state index contributed by atoms with van der Waals surface area (Å²) in [5, 5.41) is 2.33. The Bertz CT molecular complexity index is 3070. The van der Waals surface area contributed by atoms with Crippen LogP contribution < -0.4 is 20.7 Å². The van der Waals surface area contributed by atoms with Crippen molar-refractivity contribution in [1.82, 2.24) is 4.40 Å². The smallest absolute Gasteiger partial charge is 0.197 e. The van der Waals surface area contributed by atoms with Gasteiger partial charge in [0.05, 0.1) is 39.3 Å². The summed E-state index contributed by atoms with van der Waals surface area (Å²) in [4.78, 5) is 34.7. The molecule has 0 fully saturated rings. The average molecular weight is 768 g/mol. The zero-order valence-electron chi connectivity index (χ0n) is 34.5. The van der Waals surface area contributed by atoms with Gasteiger partial charge in [-0.2, -0.15) is 0 Å². The lowest BCUT2D eigenvalue weighted by atomic mass is 9.73. The largest absolute Gasteiger partial charge is 0.310 e. The number of benzene rings is 7. The third-order valence-electron chi connectivity index (χ3n) is 13.4. The molecule has 4 heterocycles. The van der Waals surface area contributed by atoms with Crippen LogP contribution in [-0.2, 0) is 16.2 Å². The summed E-state index contributed by atoms with van der Waals surface area (Å²) in [6.45, 7) is 15.5. The molecule has 5 nitrogen and oxygen atoms in total. The summed E-state index contributed by atoms with van der Waals surface area (Å²) in [6.07, 6.45) is 0. The van der Waals surface area contributed by atoms with Gasteiger partial charge in [0.15, 0.2) is 10.9 Å². The lowest BCUT2D eigenvalue weighted by Gasteiger charge is -2.42. The van der Waals surface area contributed by atoms with Crippen LogP contribution in [0.1, 0.15) is 76.3 Å². The SMILES string of the molecule is CC(C)(C)c1cc2c(=O)c3cc(N4c5ccccc5C(C)(C)c5ccccc54)ccc3n3c4ccc(N5c6ccccc6C(C)(C)c6ccccc65)cc4c(=O)c(c1)c23. The second kappa shape index (κ2) is 11.9. The molecular formula is C54H45N3O2. The molecular weight excluding hydrogens is 723 g/mol. The number of nitrogens with zero attached hydrogens (tertiary/aromatic N) is 3. The van der Waals surface area contributed by atoms with Gasteiger partial charge in [-0.3, -0.25) is 9.59 Å². The maximum atomic E-state index is 15.1. The fourth-order valence-corrected chi connectivity index (χ4v) is 10.3. The highest BCUT2D eigenvalue weighted by atomic mass is 16.1. The number of rotatable bonds is 2. The van der Waals surface area contributed by atoms with E-state index < -0.39 is 0 Å². The molecule has 0 aliphatic carbocycles. The molecule has 2 aliphatic rings. The number of para-hydroxylation sites is 4. The molecule has 0 saturated heterocycles. The first-order valence-corrected chi connectivity index (χ1v) is 20.6. The van der Waals surface area contributed by atoms with Crippen molar-refractivity contribution in [3.63, 3.8) is 0 Å². The second-order valence-corrected chi connectivity index (χ2v) is 18.6. The van der Waals surface area contributed by atoms with Crippen LogP contribution in [-0.4, -0.2) is 4.40 Å². The van der Waals surface area contributed by atoms with Crippen LogP contribution in [0, 0.1) is 0 Å². The van der Waals surface area contributed by atoms with Crippen molar-refractivity contribution in [2.45, 2.75) is 64.7 Å². The molecule has 11 rings (SSSR count). The van der Waals surface area contributed by atoms with Gasteiger partial charge < -0.3 is 14.2 Å². The predicted octanol–water partition coefficient (Wildman–Crippen LogP) is 13.1.